The first-order chi connectivity index (χ1) is 10.5. The summed E-state index contributed by atoms with van der Waals surface area (Å²) in [5, 5.41) is 12.4. The van der Waals surface area contributed by atoms with Crippen LogP contribution in [0.2, 0.25) is 0 Å². The van der Waals surface area contributed by atoms with E-state index in [9.17, 15) is 14.9 Å². The number of nitriles is 1. The standard InChI is InChI=1S/C16H26N4O2/c1-13(19-8-10-20(11-9-19)14(2)21)15(22)18-16(12-17)6-4-3-5-7-16/h13H,3-11H2,1-2H3,(H,18,22)/t13-/m0/s1. The van der Waals surface area contributed by atoms with Crippen LogP contribution >= 0.6 is 0 Å². The maximum atomic E-state index is 12.5. The molecule has 1 N–H and O–H groups in total. The van der Waals surface area contributed by atoms with Gasteiger partial charge in [-0.15, -0.1) is 0 Å². The van der Waals surface area contributed by atoms with Crippen molar-refractivity contribution in [3.8, 4) is 6.07 Å². The number of nitrogens with zero attached hydrogens (tertiary/aromatic N) is 3. The van der Waals surface area contributed by atoms with Gasteiger partial charge in [0.25, 0.3) is 0 Å². The van der Waals surface area contributed by atoms with E-state index < -0.39 is 5.54 Å². The molecule has 0 bridgehead atoms. The van der Waals surface area contributed by atoms with Gasteiger partial charge in [-0.1, -0.05) is 19.3 Å². The fraction of sp³-hybridized carbons (Fsp3) is 0.812. The lowest BCUT2D eigenvalue weighted by molar-refractivity contribution is -0.132. The van der Waals surface area contributed by atoms with Crippen molar-refractivity contribution in [2.24, 2.45) is 0 Å². The SMILES string of the molecule is CC(=O)N1CCN([C@@H](C)C(=O)NC2(C#N)CCCCC2)CC1. The smallest absolute Gasteiger partial charge is 0.238 e. The van der Waals surface area contributed by atoms with Gasteiger partial charge in [0.15, 0.2) is 0 Å². The highest BCUT2D eigenvalue weighted by atomic mass is 16.2. The molecule has 2 amide bonds. The third-order valence-electron chi connectivity index (χ3n) is 4.97. The first kappa shape index (κ1) is 16.8. The third kappa shape index (κ3) is 3.77. The topological polar surface area (TPSA) is 76.4 Å². The summed E-state index contributed by atoms with van der Waals surface area (Å²) in [6, 6.07) is 2.06. The number of piperazine rings is 1. The summed E-state index contributed by atoms with van der Waals surface area (Å²) in [5.74, 6) is 0.0159. The number of amides is 2. The Labute approximate surface area is 132 Å². The van der Waals surface area contributed by atoms with Crippen molar-refractivity contribution in [3.05, 3.63) is 0 Å². The molecule has 1 saturated carbocycles. The van der Waals surface area contributed by atoms with E-state index in [0.29, 0.717) is 26.2 Å². The second-order valence-electron chi connectivity index (χ2n) is 6.46. The number of hydrogen-bond acceptors (Lipinski definition) is 4. The Kier molecular flexibility index (Phi) is 5.41. The fourth-order valence-electron chi connectivity index (χ4n) is 3.35. The molecule has 2 rings (SSSR count). The largest absolute Gasteiger partial charge is 0.340 e. The minimum absolute atomic E-state index is 0.0697. The minimum Gasteiger partial charge on any atom is -0.340 e. The van der Waals surface area contributed by atoms with Crippen molar-refractivity contribution < 1.29 is 9.59 Å². The molecule has 2 aliphatic rings. The van der Waals surface area contributed by atoms with Gasteiger partial charge < -0.3 is 10.2 Å². The van der Waals surface area contributed by atoms with Crippen LogP contribution in [0, 0.1) is 11.3 Å². The maximum Gasteiger partial charge on any atom is 0.238 e. The predicted molar refractivity (Wildman–Crippen MR) is 82.9 cm³/mol. The predicted octanol–water partition coefficient (Wildman–Crippen LogP) is 0.882. The second kappa shape index (κ2) is 7.10. The van der Waals surface area contributed by atoms with Crippen LogP contribution in [0.5, 0.6) is 0 Å². The van der Waals surface area contributed by atoms with E-state index in [0.717, 1.165) is 32.1 Å². The monoisotopic (exact) mass is 306 g/mol. The zero-order valence-electron chi connectivity index (χ0n) is 13.6. The normalized spacial score (nSPS) is 23.4. The molecule has 0 spiro atoms. The van der Waals surface area contributed by atoms with Gasteiger partial charge in [0.2, 0.25) is 11.8 Å². The number of carbonyl (C=O) groups excluding carboxylic acids is 2. The summed E-state index contributed by atoms with van der Waals surface area (Å²) in [6.07, 6.45) is 4.64. The molecule has 2 fully saturated rings. The molecular weight excluding hydrogens is 280 g/mol. The van der Waals surface area contributed by atoms with Crippen LogP contribution in [0.3, 0.4) is 0 Å². The van der Waals surface area contributed by atoms with Crippen molar-refractivity contribution in [3.63, 3.8) is 0 Å². The molecule has 6 heteroatoms. The molecule has 1 atom stereocenters. The molecule has 6 nitrogen and oxygen atoms in total. The summed E-state index contributed by atoms with van der Waals surface area (Å²) in [5.41, 5.74) is -0.676. The summed E-state index contributed by atoms with van der Waals surface area (Å²) in [6.45, 7) is 6.19. The second-order valence-corrected chi connectivity index (χ2v) is 6.46. The van der Waals surface area contributed by atoms with Crippen LogP contribution in [0.1, 0.15) is 46.0 Å². The first-order valence-electron chi connectivity index (χ1n) is 8.20. The van der Waals surface area contributed by atoms with Crippen LogP contribution in [0.25, 0.3) is 0 Å². The molecule has 0 aromatic rings. The Bertz CT molecular complexity index is 457. The minimum atomic E-state index is -0.676. The van der Waals surface area contributed by atoms with Crippen molar-refractivity contribution in [1.29, 1.82) is 5.26 Å². The van der Waals surface area contributed by atoms with Gasteiger partial charge >= 0.3 is 0 Å². The molecule has 0 aromatic heterocycles. The molecule has 1 aliphatic heterocycles. The van der Waals surface area contributed by atoms with Gasteiger partial charge in [-0.3, -0.25) is 14.5 Å². The van der Waals surface area contributed by atoms with Gasteiger partial charge in [-0.25, -0.2) is 0 Å². The van der Waals surface area contributed by atoms with Crippen LogP contribution in [-0.2, 0) is 9.59 Å². The molecule has 122 valence electrons. The highest BCUT2D eigenvalue weighted by Crippen LogP contribution is 2.27. The average Bonchev–Trinajstić information content (AvgIpc) is 2.55. The van der Waals surface area contributed by atoms with Gasteiger partial charge in [-0.05, 0) is 19.8 Å². The molecule has 1 saturated heterocycles. The van der Waals surface area contributed by atoms with E-state index >= 15 is 0 Å². The van der Waals surface area contributed by atoms with Crippen molar-refractivity contribution >= 4 is 11.8 Å². The Hall–Kier alpha value is -1.61. The molecule has 0 unspecified atom stereocenters. The third-order valence-corrected chi connectivity index (χ3v) is 4.97. The van der Waals surface area contributed by atoms with E-state index in [1.807, 2.05) is 6.92 Å². The zero-order chi connectivity index (χ0) is 16.2. The summed E-state index contributed by atoms with van der Waals surface area (Å²) >= 11 is 0. The van der Waals surface area contributed by atoms with Crippen LogP contribution in [0.4, 0.5) is 0 Å². The van der Waals surface area contributed by atoms with Crippen LogP contribution in [-0.4, -0.2) is 59.4 Å². The number of carbonyl (C=O) groups is 2. The number of rotatable bonds is 3. The fourth-order valence-corrected chi connectivity index (χ4v) is 3.35. The van der Waals surface area contributed by atoms with Crippen molar-refractivity contribution in [2.45, 2.75) is 57.5 Å². The molecule has 0 radical (unpaired) electrons. The Morgan fingerprint density at radius 1 is 1.14 bits per heavy atom. The summed E-state index contributed by atoms with van der Waals surface area (Å²) in [4.78, 5) is 27.7. The summed E-state index contributed by atoms with van der Waals surface area (Å²) in [7, 11) is 0. The lowest BCUT2D eigenvalue weighted by Crippen LogP contribution is -2.58. The van der Waals surface area contributed by atoms with E-state index in [4.69, 9.17) is 0 Å². The Morgan fingerprint density at radius 2 is 1.73 bits per heavy atom. The highest BCUT2D eigenvalue weighted by Gasteiger charge is 2.36. The van der Waals surface area contributed by atoms with Gasteiger partial charge in [0.1, 0.15) is 5.54 Å². The highest BCUT2D eigenvalue weighted by molar-refractivity contribution is 5.82. The van der Waals surface area contributed by atoms with E-state index in [1.165, 1.54) is 0 Å². The lowest BCUT2D eigenvalue weighted by Gasteiger charge is -2.39. The van der Waals surface area contributed by atoms with Gasteiger partial charge in [-0.2, -0.15) is 5.26 Å². The lowest BCUT2D eigenvalue weighted by atomic mass is 9.82. The summed E-state index contributed by atoms with van der Waals surface area (Å²) < 4.78 is 0. The van der Waals surface area contributed by atoms with Gasteiger partial charge in [0, 0.05) is 33.1 Å². The number of nitrogens with one attached hydrogen (secondary N) is 1. The van der Waals surface area contributed by atoms with E-state index in [2.05, 4.69) is 16.3 Å². The molecule has 22 heavy (non-hydrogen) atoms. The molecule has 0 aromatic carbocycles. The molecular formula is C16H26N4O2. The molecule has 1 aliphatic carbocycles. The number of hydrogen-bond donors (Lipinski definition) is 1. The molecule has 1 heterocycles. The first-order valence-corrected chi connectivity index (χ1v) is 8.20. The van der Waals surface area contributed by atoms with E-state index in [-0.39, 0.29) is 17.9 Å². The zero-order valence-corrected chi connectivity index (χ0v) is 13.6. The Balaban J connectivity index is 1.90. The van der Waals surface area contributed by atoms with Gasteiger partial charge in [0.05, 0.1) is 12.1 Å². The average molecular weight is 306 g/mol. The van der Waals surface area contributed by atoms with Crippen LogP contribution in [0.15, 0.2) is 0 Å². The Morgan fingerprint density at radius 3 is 2.23 bits per heavy atom. The van der Waals surface area contributed by atoms with Crippen molar-refractivity contribution in [1.82, 2.24) is 15.1 Å². The van der Waals surface area contributed by atoms with Crippen molar-refractivity contribution in [2.75, 3.05) is 26.2 Å². The van der Waals surface area contributed by atoms with E-state index in [1.54, 1.807) is 11.8 Å². The maximum absolute atomic E-state index is 12.5. The quantitative estimate of drug-likeness (QED) is 0.840. The van der Waals surface area contributed by atoms with Crippen LogP contribution < -0.4 is 5.32 Å².